The first-order valence-electron chi connectivity index (χ1n) is 7.38. The number of nitrogens with zero attached hydrogens (tertiary/aromatic N) is 7. The van der Waals surface area contributed by atoms with E-state index >= 15 is 0 Å². The molecule has 0 aromatic carbocycles. The van der Waals surface area contributed by atoms with Crippen molar-refractivity contribution >= 4 is 24.4 Å². The summed E-state index contributed by atoms with van der Waals surface area (Å²) in [6, 6.07) is 2.45. The van der Waals surface area contributed by atoms with Gasteiger partial charge in [0.05, 0.1) is 12.6 Å². The third kappa shape index (κ3) is 8.99. The van der Waals surface area contributed by atoms with E-state index in [2.05, 4.69) is 45.0 Å². The Hall–Kier alpha value is -2.28. The summed E-state index contributed by atoms with van der Waals surface area (Å²) in [4.78, 5) is 28.9. The van der Waals surface area contributed by atoms with Crippen molar-refractivity contribution in [2.75, 3.05) is 33.7 Å². The molecule has 0 aliphatic heterocycles. The summed E-state index contributed by atoms with van der Waals surface area (Å²) in [6.45, 7) is 4.67. The lowest BCUT2D eigenvalue weighted by molar-refractivity contribution is 0.244. The summed E-state index contributed by atoms with van der Waals surface area (Å²) in [5.41, 5.74) is 0. The number of hydrogen-bond acceptors (Lipinski definition) is 6. The van der Waals surface area contributed by atoms with Crippen LogP contribution in [0, 0.1) is 0 Å². The number of imidazole rings is 2. The molecule has 0 spiro atoms. The Morgan fingerprint density at radius 3 is 2.12 bits per heavy atom. The van der Waals surface area contributed by atoms with Crippen LogP contribution in [-0.4, -0.2) is 69.8 Å². The van der Waals surface area contributed by atoms with E-state index in [1.807, 2.05) is 6.92 Å². The zero-order chi connectivity index (χ0) is 16.9. The predicted octanol–water partition coefficient (Wildman–Crippen LogP) is 2.15. The average molecular weight is 354 g/mol. The number of aromatic nitrogens is 4. The van der Waals surface area contributed by atoms with Gasteiger partial charge in [0.2, 0.25) is 0 Å². The summed E-state index contributed by atoms with van der Waals surface area (Å²) in [5.74, 6) is 0. The maximum Gasteiger partial charge on any atom is 0.338 e. The van der Waals surface area contributed by atoms with Gasteiger partial charge in [-0.05, 0) is 34.0 Å². The number of aliphatic imine (C=N–C) groups is 2. The van der Waals surface area contributed by atoms with E-state index in [1.54, 1.807) is 24.8 Å². The first-order chi connectivity index (χ1) is 11.1. The molecule has 2 rings (SSSR count). The van der Waals surface area contributed by atoms with Crippen LogP contribution in [0.3, 0.4) is 0 Å². The maximum absolute atomic E-state index is 11.4. The Bertz CT molecular complexity index is 566. The molecule has 0 N–H and O–H groups in total. The standard InChI is InChI=1S/C8H17N3.C7H6N4O.ClH/c1-4-9-8-10-6-5-7-11(2)3;12-7(10-3-1-8-5-10)11-4-2-9-6-11;/h4-7H2,1-3H3;1-6H;1H. The Balaban J connectivity index is 0.000000426. The van der Waals surface area contributed by atoms with Crippen LogP contribution >= 0.6 is 12.4 Å². The quantitative estimate of drug-likeness (QED) is 0.609. The van der Waals surface area contributed by atoms with Crippen LogP contribution in [0.1, 0.15) is 13.3 Å². The lowest BCUT2D eigenvalue weighted by Crippen LogP contribution is -2.15. The summed E-state index contributed by atoms with van der Waals surface area (Å²) in [6.07, 6.45) is 10.2. The Morgan fingerprint density at radius 2 is 1.71 bits per heavy atom. The second-order valence-corrected chi connectivity index (χ2v) is 4.84. The first-order valence-corrected chi connectivity index (χ1v) is 7.38. The van der Waals surface area contributed by atoms with E-state index in [9.17, 15) is 4.79 Å². The van der Waals surface area contributed by atoms with Crippen molar-refractivity contribution in [3.8, 4) is 0 Å². The van der Waals surface area contributed by atoms with E-state index in [4.69, 9.17) is 0 Å². The number of rotatable bonds is 5. The second kappa shape index (κ2) is 13.2. The molecule has 0 amide bonds. The summed E-state index contributed by atoms with van der Waals surface area (Å²) >= 11 is 0. The predicted molar refractivity (Wildman–Crippen MR) is 96.3 cm³/mol. The largest absolute Gasteiger partial charge is 0.338 e. The zero-order valence-electron chi connectivity index (χ0n) is 14.2. The SMILES string of the molecule is CCN=C=NCCCN(C)C.Cl.O=C(n1ccnc1)n1ccnc1. The molecule has 0 saturated heterocycles. The van der Waals surface area contributed by atoms with Crippen LogP contribution in [-0.2, 0) is 0 Å². The van der Waals surface area contributed by atoms with Crippen LogP contribution in [0.2, 0.25) is 0 Å². The van der Waals surface area contributed by atoms with Gasteiger partial charge in [0.15, 0.2) is 0 Å². The Morgan fingerprint density at radius 1 is 1.12 bits per heavy atom. The number of carbonyl (C=O) groups is 1. The molecule has 2 aromatic rings. The van der Waals surface area contributed by atoms with E-state index in [-0.39, 0.29) is 18.4 Å². The van der Waals surface area contributed by atoms with Gasteiger partial charge in [-0.1, -0.05) is 0 Å². The van der Waals surface area contributed by atoms with Crippen molar-refractivity contribution in [1.82, 2.24) is 24.0 Å². The monoisotopic (exact) mass is 353 g/mol. The van der Waals surface area contributed by atoms with Crippen molar-refractivity contribution < 1.29 is 4.79 Å². The molecule has 0 bridgehead atoms. The van der Waals surface area contributed by atoms with Gasteiger partial charge < -0.3 is 4.90 Å². The fraction of sp³-hybridized carbons (Fsp3) is 0.467. The zero-order valence-corrected chi connectivity index (χ0v) is 15.1. The molecular formula is C15H24ClN7O. The minimum atomic E-state index is -0.190. The van der Waals surface area contributed by atoms with Crippen LogP contribution in [0.15, 0.2) is 47.4 Å². The molecule has 8 nitrogen and oxygen atoms in total. The summed E-state index contributed by atoms with van der Waals surface area (Å²) < 4.78 is 2.75. The van der Waals surface area contributed by atoms with Crippen LogP contribution in [0.4, 0.5) is 4.79 Å². The Labute approximate surface area is 148 Å². The molecule has 132 valence electrons. The number of halogens is 1. The smallest absolute Gasteiger partial charge is 0.309 e. The Kier molecular flexibility index (Phi) is 11.9. The lowest BCUT2D eigenvalue weighted by atomic mass is 10.4. The van der Waals surface area contributed by atoms with E-state index in [0.717, 1.165) is 26.1 Å². The fourth-order valence-corrected chi connectivity index (χ4v) is 1.51. The van der Waals surface area contributed by atoms with Gasteiger partial charge in [0.1, 0.15) is 12.7 Å². The van der Waals surface area contributed by atoms with Gasteiger partial charge in [-0.15, -0.1) is 12.4 Å². The molecule has 0 saturated carbocycles. The summed E-state index contributed by atoms with van der Waals surface area (Å²) in [7, 11) is 4.12. The van der Waals surface area contributed by atoms with Gasteiger partial charge >= 0.3 is 6.03 Å². The van der Waals surface area contributed by atoms with E-state index < -0.39 is 0 Å². The molecule has 2 heterocycles. The van der Waals surface area contributed by atoms with Crippen molar-refractivity contribution in [1.29, 1.82) is 0 Å². The van der Waals surface area contributed by atoms with E-state index in [0.29, 0.717) is 0 Å². The number of carbonyl (C=O) groups excluding carboxylic acids is 1. The van der Waals surface area contributed by atoms with Crippen molar-refractivity contribution in [3.63, 3.8) is 0 Å². The van der Waals surface area contributed by atoms with Gasteiger partial charge in [-0.25, -0.2) is 24.7 Å². The molecule has 0 aliphatic carbocycles. The average Bonchev–Trinajstić information content (AvgIpc) is 3.24. The third-order valence-electron chi connectivity index (χ3n) is 2.63. The second-order valence-electron chi connectivity index (χ2n) is 4.84. The minimum absolute atomic E-state index is 0. The van der Waals surface area contributed by atoms with Gasteiger partial charge in [0.25, 0.3) is 0 Å². The van der Waals surface area contributed by atoms with Crippen LogP contribution < -0.4 is 0 Å². The third-order valence-corrected chi connectivity index (χ3v) is 2.63. The van der Waals surface area contributed by atoms with Crippen LogP contribution in [0.25, 0.3) is 0 Å². The van der Waals surface area contributed by atoms with E-state index in [1.165, 1.54) is 21.8 Å². The normalized spacial score (nSPS) is 9.33. The van der Waals surface area contributed by atoms with Gasteiger partial charge in [0, 0.05) is 31.3 Å². The van der Waals surface area contributed by atoms with Crippen molar-refractivity contribution in [3.05, 3.63) is 37.4 Å². The molecule has 0 atom stereocenters. The van der Waals surface area contributed by atoms with Gasteiger partial charge in [-0.2, -0.15) is 0 Å². The minimum Gasteiger partial charge on any atom is -0.309 e. The highest BCUT2D eigenvalue weighted by atomic mass is 35.5. The van der Waals surface area contributed by atoms with Crippen LogP contribution in [0.5, 0.6) is 0 Å². The molecule has 9 heteroatoms. The van der Waals surface area contributed by atoms with Crippen molar-refractivity contribution in [2.45, 2.75) is 13.3 Å². The number of hydrogen-bond donors (Lipinski definition) is 0. The fourth-order valence-electron chi connectivity index (χ4n) is 1.51. The molecule has 0 radical (unpaired) electrons. The molecule has 2 aromatic heterocycles. The molecular weight excluding hydrogens is 330 g/mol. The van der Waals surface area contributed by atoms with Gasteiger partial charge in [-0.3, -0.25) is 9.13 Å². The maximum atomic E-state index is 11.4. The molecule has 0 unspecified atom stereocenters. The highest BCUT2D eigenvalue weighted by Crippen LogP contribution is 1.92. The first kappa shape index (κ1) is 21.7. The molecule has 0 fully saturated rings. The lowest BCUT2D eigenvalue weighted by Gasteiger charge is -2.05. The van der Waals surface area contributed by atoms with Crippen molar-refractivity contribution in [2.24, 2.45) is 9.98 Å². The highest BCUT2D eigenvalue weighted by molar-refractivity contribution is 5.85. The molecule has 0 aliphatic rings. The topological polar surface area (TPSA) is 80.7 Å². The highest BCUT2D eigenvalue weighted by Gasteiger charge is 2.03. The molecule has 24 heavy (non-hydrogen) atoms. The summed E-state index contributed by atoms with van der Waals surface area (Å²) in [5, 5.41) is 0.